The highest BCUT2D eigenvalue weighted by Gasteiger charge is 2.17. The van der Waals surface area contributed by atoms with Crippen LogP contribution in [0.2, 0.25) is 0 Å². The van der Waals surface area contributed by atoms with E-state index in [0.717, 1.165) is 22.5 Å². The zero-order valence-corrected chi connectivity index (χ0v) is 18.8. The number of aromatic nitrogens is 6. The predicted octanol–water partition coefficient (Wildman–Crippen LogP) is 4.11. The minimum absolute atomic E-state index is 0.237. The van der Waals surface area contributed by atoms with E-state index in [2.05, 4.69) is 30.2 Å². The van der Waals surface area contributed by atoms with Crippen molar-refractivity contribution in [2.75, 3.05) is 19.5 Å². The number of hydrogen-bond acceptors (Lipinski definition) is 7. The van der Waals surface area contributed by atoms with Crippen LogP contribution in [0.25, 0.3) is 34.0 Å². The summed E-state index contributed by atoms with van der Waals surface area (Å²) in [5.74, 6) is 1.19. The monoisotopic (exact) mass is 473 g/mol. The summed E-state index contributed by atoms with van der Waals surface area (Å²) in [5.41, 5.74) is 3.80. The lowest BCUT2D eigenvalue weighted by Gasteiger charge is -2.11. The van der Waals surface area contributed by atoms with E-state index in [1.54, 1.807) is 37.7 Å². The third-order valence-electron chi connectivity index (χ3n) is 5.33. The molecule has 4 aromatic heterocycles. The topological polar surface area (TPSA) is 108 Å². The van der Waals surface area contributed by atoms with Crippen molar-refractivity contribution >= 4 is 17.6 Å². The fourth-order valence-corrected chi connectivity index (χ4v) is 3.69. The standard InChI is InChI=1S/C24H20FN7O3/c1-34-14-22-29-30-23(32(22)18-7-5-17(25)6-8-18)16-4-10-21-27-12-19(31(21)13-16)15-3-9-20(26-11-15)28-24(33)35-2/h3-13H,14H2,1-2H3,(H,26,28,33). The number of halogens is 1. The molecule has 0 aliphatic heterocycles. The first-order valence-corrected chi connectivity index (χ1v) is 10.6. The molecule has 11 heteroatoms. The van der Waals surface area contributed by atoms with Crippen LogP contribution in [0.3, 0.4) is 0 Å². The Morgan fingerprint density at radius 2 is 1.77 bits per heavy atom. The molecular formula is C24H20FN7O3. The van der Waals surface area contributed by atoms with E-state index >= 15 is 0 Å². The van der Waals surface area contributed by atoms with Gasteiger partial charge in [0.25, 0.3) is 0 Å². The van der Waals surface area contributed by atoms with Gasteiger partial charge in [-0.3, -0.25) is 14.3 Å². The van der Waals surface area contributed by atoms with Gasteiger partial charge in [-0.2, -0.15) is 0 Å². The van der Waals surface area contributed by atoms with Gasteiger partial charge in [-0.1, -0.05) is 0 Å². The minimum Gasteiger partial charge on any atom is -0.453 e. The highest BCUT2D eigenvalue weighted by molar-refractivity contribution is 5.83. The van der Waals surface area contributed by atoms with E-state index in [1.165, 1.54) is 19.2 Å². The number of amides is 1. The summed E-state index contributed by atoms with van der Waals surface area (Å²) in [5, 5.41) is 11.2. The quantitative estimate of drug-likeness (QED) is 0.395. The number of rotatable bonds is 6. The molecule has 0 bridgehead atoms. The number of benzene rings is 1. The van der Waals surface area contributed by atoms with E-state index in [-0.39, 0.29) is 12.4 Å². The van der Waals surface area contributed by atoms with Crippen molar-refractivity contribution in [2.24, 2.45) is 0 Å². The molecule has 4 heterocycles. The van der Waals surface area contributed by atoms with Crippen molar-refractivity contribution in [3.63, 3.8) is 0 Å². The van der Waals surface area contributed by atoms with Gasteiger partial charge < -0.3 is 9.47 Å². The van der Waals surface area contributed by atoms with Crippen LogP contribution in [0.5, 0.6) is 0 Å². The highest BCUT2D eigenvalue weighted by atomic mass is 19.1. The van der Waals surface area contributed by atoms with Gasteiger partial charge in [0, 0.05) is 36.3 Å². The van der Waals surface area contributed by atoms with Crippen molar-refractivity contribution in [1.29, 1.82) is 0 Å². The van der Waals surface area contributed by atoms with Gasteiger partial charge in [-0.05, 0) is 48.5 Å². The Hall–Kier alpha value is -4.64. The molecule has 0 aliphatic carbocycles. The van der Waals surface area contributed by atoms with Crippen LogP contribution in [0.15, 0.2) is 67.1 Å². The Bertz CT molecular complexity index is 1490. The number of methoxy groups -OCH3 is 2. The second-order valence-corrected chi connectivity index (χ2v) is 7.52. The molecule has 0 aliphatic rings. The third kappa shape index (κ3) is 4.32. The number of imidazole rings is 1. The third-order valence-corrected chi connectivity index (χ3v) is 5.33. The van der Waals surface area contributed by atoms with Crippen molar-refractivity contribution in [2.45, 2.75) is 6.61 Å². The average molecular weight is 473 g/mol. The SMILES string of the molecule is COCc1nnc(-c2ccc3ncc(-c4ccc(NC(=O)OC)nc4)n3c2)n1-c1ccc(F)cc1. The summed E-state index contributed by atoms with van der Waals surface area (Å²) >= 11 is 0. The Balaban J connectivity index is 1.57. The Morgan fingerprint density at radius 1 is 0.971 bits per heavy atom. The number of fused-ring (bicyclic) bond motifs is 1. The molecule has 1 N–H and O–H groups in total. The number of nitrogens with one attached hydrogen (secondary N) is 1. The normalized spacial score (nSPS) is 11.1. The lowest BCUT2D eigenvalue weighted by molar-refractivity contribution is 0.176. The van der Waals surface area contributed by atoms with Crippen LogP contribution < -0.4 is 5.32 Å². The zero-order chi connectivity index (χ0) is 24.4. The molecule has 1 amide bonds. The second-order valence-electron chi connectivity index (χ2n) is 7.52. The molecule has 0 unspecified atom stereocenters. The molecule has 0 spiro atoms. The minimum atomic E-state index is -0.595. The van der Waals surface area contributed by atoms with Crippen LogP contribution >= 0.6 is 0 Å². The summed E-state index contributed by atoms with van der Waals surface area (Å²) in [6, 6.07) is 13.4. The number of anilines is 1. The van der Waals surface area contributed by atoms with Crippen molar-refractivity contribution in [3.05, 3.63) is 78.8 Å². The fourth-order valence-electron chi connectivity index (χ4n) is 3.69. The van der Waals surface area contributed by atoms with Gasteiger partial charge in [0.2, 0.25) is 0 Å². The number of ether oxygens (including phenoxy) is 2. The van der Waals surface area contributed by atoms with Crippen molar-refractivity contribution in [1.82, 2.24) is 29.1 Å². The van der Waals surface area contributed by atoms with E-state index in [1.807, 2.05) is 33.4 Å². The second kappa shape index (κ2) is 9.31. The molecule has 0 radical (unpaired) electrons. The van der Waals surface area contributed by atoms with Crippen LogP contribution in [0, 0.1) is 5.82 Å². The van der Waals surface area contributed by atoms with Gasteiger partial charge in [-0.25, -0.2) is 19.2 Å². The molecule has 176 valence electrons. The van der Waals surface area contributed by atoms with Gasteiger partial charge in [0.05, 0.1) is 19.0 Å². The van der Waals surface area contributed by atoms with Crippen LogP contribution in [-0.2, 0) is 16.1 Å². The van der Waals surface area contributed by atoms with E-state index in [0.29, 0.717) is 23.2 Å². The summed E-state index contributed by atoms with van der Waals surface area (Å²) in [4.78, 5) is 20.2. The molecule has 5 aromatic rings. The van der Waals surface area contributed by atoms with Crippen molar-refractivity contribution < 1.29 is 18.7 Å². The van der Waals surface area contributed by atoms with E-state index in [9.17, 15) is 9.18 Å². The predicted molar refractivity (Wildman–Crippen MR) is 125 cm³/mol. The number of carbonyl (C=O) groups excluding carboxylic acids is 1. The maximum absolute atomic E-state index is 13.5. The Labute approximate surface area is 199 Å². The summed E-state index contributed by atoms with van der Waals surface area (Å²) in [6.45, 7) is 0.237. The first-order chi connectivity index (χ1) is 17.1. The molecule has 5 rings (SSSR count). The Kier molecular flexibility index (Phi) is 5.90. The number of carbonyl (C=O) groups is 1. The van der Waals surface area contributed by atoms with E-state index < -0.39 is 6.09 Å². The van der Waals surface area contributed by atoms with Crippen LogP contribution in [0.1, 0.15) is 5.82 Å². The van der Waals surface area contributed by atoms with Gasteiger partial charge in [0.1, 0.15) is 23.9 Å². The molecule has 1 aromatic carbocycles. The summed E-state index contributed by atoms with van der Waals surface area (Å²) in [7, 11) is 2.86. The maximum atomic E-state index is 13.5. The molecule has 0 atom stereocenters. The smallest absolute Gasteiger partial charge is 0.412 e. The summed E-state index contributed by atoms with van der Waals surface area (Å²) in [6.07, 6.45) is 4.69. The van der Waals surface area contributed by atoms with Gasteiger partial charge in [0.15, 0.2) is 11.6 Å². The first-order valence-electron chi connectivity index (χ1n) is 10.6. The first kappa shape index (κ1) is 22.2. The molecule has 10 nitrogen and oxygen atoms in total. The average Bonchev–Trinajstić information content (AvgIpc) is 3.49. The fraction of sp³-hybridized carbons (Fsp3) is 0.125. The van der Waals surface area contributed by atoms with Gasteiger partial charge in [-0.15, -0.1) is 10.2 Å². The largest absolute Gasteiger partial charge is 0.453 e. The lowest BCUT2D eigenvalue weighted by Crippen LogP contribution is -2.11. The molecular weight excluding hydrogens is 453 g/mol. The van der Waals surface area contributed by atoms with E-state index in [4.69, 9.17) is 4.74 Å². The summed E-state index contributed by atoms with van der Waals surface area (Å²) < 4.78 is 27.2. The number of pyridine rings is 2. The highest BCUT2D eigenvalue weighted by Crippen LogP contribution is 2.27. The number of nitrogens with zero attached hydrogens (tertiary/aromatic N) is 6. The Morgan fingerprint density at radius 3 is 2.49 bits per heavy atom. The van der Waals surface area contributed by atoms with Gasteiger partial charge >= 0.3 is 6.09 Å². The van der Waals surface area contributed by atoms with Crippen LogP contribution in [0.4, 0.5) is 15.0 Å². The number of hydrogen-bond donors (Lipinski definition) is 1. The molecule has 0 saturated heterocycles. The molecule has 0 saturated carbocycles. The molecule has 35 heavy (non-hydrogen) atoms. The lowest BCUT2D eigenvalue weighted by atomic mass is 10.2. The van der Waals surface area contributed by atoms with Crippen LogP contribution in [-0.4, -0.2) is 49.4 Å². The van der Waals surface area contributed by atoms with Crippen molar-refractivity contribution in [3.8, 4) is 28.3 Å². The maximum Gasteiger partial charge on any atom is 0.412 e. The molecule has 0 fully saturated rings. The zero-order valence-electron chi connectivity index (χ0n) is 18.8.